The van der Waals surface area contributed by atoms with Gasteiger partial charge in [-0.3, -0.25) is 0 Å². The number of hydrogen-bond donors (Lipinski definition) is 1. The maximum absolute atomic E-state index is 12.1. The fourth-order valence-corrected chi connectivity index (χ4v) is 6.82. The first kappa shape index (κ1) is 14.8. The Balaban J connectivity index is 2.22. The predicted molar refractivity (Wildman–Crippen MR) is 72.5 cm³/mol. The lowest BCUT2D eigenvalue weighted by atomic mass is 10.2. The Hall–Kier alpha value is -0.630. The molecule has 0 aliphatic carbocycles. The molecule has 2 rings (SSSR count). The number of benzene rings is 1. The van der Waals surface area contributed by atoms with Crippen LogP contribution in [0, 0.1) is 0 Å². The molecule has 1 fully saturated rings. The van der Waals surface area contributed by atoms with Crippen molar-refractivity contribution in [2.24, 2.45) is 0 Å². The van der Waals surface area contributed by atoms with Crippen molar-refractivity contribution in [3.05, 3.63) is 34.9 Å². The van der Waals surface area contributed by atoms with Crippen LogP contribution in [0.5, 0.6) is 0 Å². The number of sulfone groups is 2. The lowest BCUT2D eigenvalue weighted by Crippen LogP contribution is -2.33. The Kier molecular flexibility index (Phi) is 3.92. The van der Waals surface area contributed by atoms with Crippen LogP contribution in [0.4, 0.5) is 0 Å². The zero-order valence-corrected chi connectivity index (χ0v) is 12.2. The first-order valence-corrected chi connectivity index (χ1v) is 9.46. The van der Waals surface area contributed by atoms with E-state index in [4.69, 9.17) is 11.6 Å². The molecule has 106 valence electrons. The minimum absolute atomic E-state index is 0.304. The van der Waals surface area contributed by atoms with E-state index < -0.39 is 42.5 Å². The van der Waals surface area contributed by atoms with Crippen LogP contribution in [-0.4, -0.2) is 44.8 Å². The van der Waals surface area contributed by atoms with Gasteiger partial charge in [-0.25, -0.2) is 16.8 Å². The molecule has 0 amide bonds. The fraction of sp³-hybridized carbons (Fsp3) is 0.455. The van der Waals surface area contributed by atoms with Crippen LogP contribution in [0.25, 0.3) is 0 Å². The molecule has 0 saturated carbocycles. The van der Waals surface area contributed by atoms with Gasteiger partial charge in [-0.05, 0) is 17.7 Å². The van der Waals surface area contributed by atoms with Crippen molar-refractivity contribution >= 4 is 31.3 Å². The van der Waals surface area contributed by atoms with E-state index in [9.17, 15) is 21.9 Å². The maximum atomic E-state index is 12.1. The van der Waals surface area contributed by atoms with Gasteiger partial charge in [-0.15, -0.1) is 0 Å². The van der Waals surface area contributed by atoms with Crippen molar-refractivity contribution < 1.29 is 21.9 Å². The van der Waals surface area contributed by atoms with Crippen molar-refractivity contribution in [3.63, 3.8) is 0 Å². The third kappa shape index (κ3) is 3.47. The summed E-state index contributed by atoms with van der Waals surface area (Å²) in [6.45, 7) is 0. The lowest BCUT2D eigenvalue weighted by molar-refractivity contribution is 0.204. The van der Waals surface area contributed by atoms with Gasteiger partial charge in [-0.2, -0.15) is 0 Å². The van der Waals surface area contributed by atoms with Gasteiger partial charge in [0.05, 0.1) is 23.4 Å². The zero-order valence-electron chi connectivity index (χ0n) is 9.86. The van der Waals surface area contributed by atoms with Gasteiger partial charge in [0, 0.05) is 5.02 Å². The zero-order chi connectivity index (χ0) is 14.3. The van der Waals surface area contributed by atoms with Gasteiger partial charge in [0.1, 0.15) is 5.25 Å². The summed E-state index contributed by atoms with van der Waals surface area (Å²) in [5.74, 6) is -1.30. The molecule has 5 nitrogen and oxygen atoms in total. The van der Waals surface area contributed by atoms with E-state index in [0.717, 1.165) is 0 Å². The Morgan fingerprint density at radius 3 is 2.26 bits per heavy atom. The van der Waals surface area contributed by atoms with Crippen LogP contribution in [0.2, 0.25) is 5.02 Å². The summed E-state index contributed by atoms with van der Waals surface area (Å²) in [6.07, 6.45) is -1.35. The molecule has 0 aromatic heterocycles. The SMILES string of the molecule is O=S1(=O)C[C@@H](O)[C@H](S(=O)(=O)Cc2ccc(Cl)cc2)C1. The normalized spacial score (nSPS) is 26.4. The Morgan fingerprint density at radius 2 is 1.79 bits per heavy atom. The molecule has 0 unspecified atom stereocenters. The highest BCUT2D eigenvalue weighted by molar-refractivity contribution is 7.96. The number of hydrogen-bond acceptors (Lipinski definition) is 5. The van der Waals surface area contributed by atoms with Gasteiger partial charge in [0.25, 0.3) is 0 Å². The van der Waals surface area contributed by atoms with Crippen LogP contribution in [0.15, 0.2) is 24.3 Å². The van der Waals surface area contributed by atoms with E-state index in [1.807, 2.05) is 0 Å². The molecular weight excluding hydrogens is 312 g/mol. The highest BCUT2D eigenvalue weighted by atomic mass is 35.5. The Morgan fingerprint density at radius 1 is 1.21 bits per heavy atom. The van der Waals surface area contributed by atoms with E-state index in [2.05, 4.69) is 0 Å². The molecule has 19 heavy (non-hydrogen) atoms. The molecule has 1 aromatic rings. The highest BCUT2D eigenvalue weighted by Crippen LogP contribution is 2.23. The van der Waals surface area contributed by atoms with Crippen LogP contribution in [-0.2, 0) is 25.4 Å². The van der Waals surface area contributed by atoms with E-state index in [1.54, 1.807) is 24.3 Å². The van der Waals surface area contributed by atoms with Crippen molar-refractivity contribution in [2.45, 2.75) is 17.1 Å². The summed E-state index contributed by atoms with van der Waals surface area (Å²) in [7, 11) is -7.20. The van der Waals surface area contributed by atoms with Crippen LogP contribution < -0.4 is 0 Å². The van der Waals surface area contributed by atoms with Gasteiger partial charge < -0.3 is 5.11 Å². The summed E-state index contributed by atoms with van der Waals surface area (Å²) in [5.41, 5.74) is 0.515. The monoisotopic (exact) mass is 324 g/mol. The molecular formula is C11H13ClO5S2. The average Bonchev–Trinajstić information content (AvgIpc) is 2.56. The second-order valence-electron chi connectivity index (χ2n) is 4.62. The first-order valence-electron chi connectivity index (χ1n) is 5.54. The highest BCUT2D eigenvalue weighted by Gasteiger charge is 2.44. The summed E-state index contributed by atoms with van der Waals surface area (Å²) in [6, 6.07) is 6.26. The molecule has 0 radical (unpaired) electrons. The molecule has 1 heterocycles. The van der Waals surface area contributed by atoms with Crippen LogP contribution >= 0.6 is 11.6 Å². The molecule has 1 aromatic carbocycles. The minimum atomic E-state index is -3.72. The van der Waals surface area contributed by atoms with Gasteiger partial charge in [0.15, 0.2) is 19.7 Å². The standard InChI is InChI=1S/C11H13ClO5S2/c12-9-3-1-8(2-4-9)5-19(16,17)11-7-18(14,15)6-10(11)13/h1-4,10-11,13H,5-7H2/t10-,11-/m1/s1. The van der Waals surface area contributed by atoms with Gasteiger partial charge >= 0.3 is 0 Å². The molecule has 0 spiro atoms. The van der Waals surface area contributed by atoms with Crippen molar-refractivity contribution in [2.75, 3.05) is 11.5 Å². The molecule has 8 heteroatoms. The van der Waals surface area contributed by atoms with Gasteiger partial charge in [-0.1, -0.05) is 23.7 Å². The van der Waals surface area contributed by atoms with E-state index in [-0.39, 0.29) is 5.75 Å². The second-order valence-corrected chi connectivity index (χ2v) is 9.43. The first-order chi connectivity index (χ1) is 8.70. The molecule has 1 aliphatic heterocycles. The average molecular weight is 325 g/mol. The van der Waals surface area contributed by atoms with Crippen molar-refractivity contribution in [3.8, 4) is 0 Å². The number of aliphatic hydroxyl groups excluding tert-OH is 1. The third-order valence-corrected chi connectivity index (χ3v) is 7.33. The fourth-order valence-electron chi connectivity index (χ4n) is 2.06. The molecule has 1 saturated heterocycles. The Labute approximate surface area is 117 Å². The molecule has 1 N–H and O–H groups in total. The third-order valence-electron chi connectivity index (χ3n) is 3.01. The lowest BCUT2D eigenvalue weighted by Gasteiger charge is -2.13. The van der Waals surface area contributed by atoms with E-state index >= 15 is 0 Å². The smallest absolute Gasteiger partial charge is 0.160 e. The minimum Gasteiger partial charge on any atom is -0.391 e. The van der Waals surface area contributed by atoms with Crippen LogP contribution in [0.1, 0.15) is 5.56 Å². The number of rotatable bonds is 3. The van der Waals surface area contributed by atoms with Crippen molar-refractivity contribution in [1.29, 1.82) is 0 Å². The number of aliphatic hydroxyl groups is 1. The summed E-state index contributed by atoms with van der Waals surface area (Å²) >= 11 is 5.70. The summed E-state index contributed by atoms with van der Waals surface area (Å²) in [5, 5.41) is 8.85. The maximum Gasteiger partial charge on any atom is 0.160 e. The van der Waals surface area contributed by atoms with Gasteiger partial charge in [0.2, 0.25) is 0 Å². The topological polar surface area (TPSA) is 88.5 Å². The van der Waals surface area contributed by atoms with E-state index in [1.165, 1.54) is 0 Å². The predicted octanol–water partition coefficient (Wildman–Crippen LogP) is 0.413. The Bertz CT molecular complexity index is 664. The number of halogens is 1. The van der Waals surface area contributed by atoms with Crippen molar-refractivity contribution in [1.82, 2.24) is 0 Å². The molecule has 1 aliphatic rings. The largest absolute Gasteiger partial charge is 0.391 e. The van der Waals surface area contributed by atoms with E-state index in [0.29, 0.717) is 10.6 Å². The second kappa shape index (κ2) is 5.05. The molecule has 2 atom stereocenters. The summed E-state index contributed by atoms with van der Waals surface area (Å²) < 4.78 is 47.0. The summed E-state index contributed by atoms with van der Waals surface area (Å²) in [4.78, 5) is 0. The quantitative estimate of drug-likeness (QED) is 0.870. The van der Waals surface area contributed by atoms with Crippen LogP contribution in [0.3, 0.4) is 0 Å². The molecule has 0 bridgehead atoms.